The van der Waals surface area contributed by atoms with Gasteiger partial charge in [0.1, 0.15) is 6.10 Å². The lowest BCUT2D eigenvalue weighted by molar-refractivity contribution is -0.246. The van der Waals surface area contributed by atoms with Crippen LogP contribution in [0.3, 0.4) is 0 Å². The maximum atomic E-state index is 13.0. The minimum absolute atomic E-state index is 0.0199. The van der Waals surface area contributed by atoms with Crippen molar-refractivity contribution in [2.45, 2.75) is 125 Å². The van der Waals surface area contributed by atoms with Gasteiger partial charge in [-0.2, -0.15) is 0 Å². The molecule has 5 saturated carbocycles. The second-order valence-corrected chi connectivity index (χ2v) is 17.9. The Labute approximate surface area is 255 Å². The van der Waals surface area contributed by atoms with E-state index in [-0.39, 0.29) is 17.5 Å². The van der Waals surface area contributed by atoms with Crippen molar-refractivity contribution in [3.63, 3.8) is 0 Å². The van der Waals surface area contributed by atoms with E-state index in [0.29, 0.717) is 39.1 Å². The molecular weight excluding hydrogens is 516 g/mol. The molecule has 42 heavy (non-hydrogen) atoms. The van der Waals surface area contributed by atoms with E-state index in [0.717, 1.165) is 36.3 Å². The Kier molecular flexibility index (Phi) is 6.55. The number of carbonyl (C=O) groups is 1. The van der Waals surface area contributed by atoms with Gasteiger partial charge < -0.3 is 9.47 Å². The second kappa shape index (κ2) is 9.45. The molecule has 0 N–H and O–H groups in total. The molecule has 0 amide bonds. The molecular formula is C39H56O3. The van der Waals surface area contributed by atoms with Gasteiger partial charge in [0, 0.05) is 11.5 Å². The minimum Gasteiger partial charge on any atom is -0.459 e. The van der Waals surface area contributed by atoms with Crippen molar-refractivity contribution in [2.24, 2.45) is 56.2 Å². The molecule has 3 heteroatoms. The van der Waals surface area contributed by atoms with Crippen LogP contribution in [0.15, 0.2) is 36.4 Å². The van der Waals surface area contributed by atoms with Gasteiger partial charge in [-0.1, -0.05) is 78.8 Å². The Balaban J connectivity index is 1.12. The molecule has 1 aromatic rings. The molecule has 0 spiro atoms. The highest BCUT2D eigenvalue weighted by Crippen LogP contribution is 2.77. The van der Waals surface area contributed by atoms with E-state index in [2.05, 4.69) is 48.5 Å². The average Bonchev–Trinajstić information content (AvgIpc) is 3.30. The van der Waals surface area contributed by atoms with Gasteiger partial charge in [0.25, 0.3) is 0 Å². The fourth-order valence-electron chi connectivity index (χ4n) is 13.4. The van der Waals surface area contributed by atoms with Gasteiger partial charge in [-0.25, -0.2) is 4.79 Å². The van der Waals surface area contributed by atoms with Gasteiger partial charge in [0.05, 0.1) is 12.7 Å². The summed E-state index contributed by atoms with van der Waals surface area (Å²) in [5, 5.41) is 0. The van der Waals surface area contributed by atoms with Crippen LogP contribution in [0.5, 0.6) is 0 Å². The summed E-state index contributed by atoms with van der Waals surface area (Å²) in [6.45, 7) is 18.9. The first-order valence-corrected chi connectivity index (χ1v) is 17.3. The molecule has 6 aliphatic rings. The third-order valence-corrected chi connectivity index (χ3v) is 15.3. The van der Waals surface area contributed by atoms with Crippen molar-refractivity contribution in [1.29, 1.82) is 0 Å². The topological polar surface area (TPSA) is 35.5 Å². The lowest BCUT2D eigenvalue weighted by Gasteiger charge is -2.72. The molecule has 6 fully saturated rings. The van der Waals surface area contributed by atoms with Crippen molar-refractivity contribution in [1.82, 2.24) is 0 Å². The predicted octanol–water partition coefficient (Wildman–Crippen LogP) is 9.50. The number of carbonyl (C=O) groups excluding carboxylic acids is 1. The van der Waals surface area contributed by atoms with E-state index in [9.17, 15) is 4.79 Å². The van der Waals surface area contributed by atoms with Crippen LogP contribution in [0.25, 0.3) is 6.08 Å². The van der Waals surface area contributed by atoms with Crippen LogP contribution >= 0.6 is 0 Å². The van der Waals surface area contributed by atoms with Gasteiger partial charge in [-0.3, -0.25) is 0 Å². The van der Waals surface area contributed by atoms with E-state index < -0.39 is 0 Å². The van der Waals surface area contributed by atoms with Crippen molar-refractivity contribution >= 4 is 12.0 Å². The zero-order valence-electron chi connectivity index (χ0n) is 27.5. The highest BCUT2D eigenvalue weighted by atomic mass is 16.5. The molecule has 0 radical (unpaired) electrons. The molecule has 1 aromatic carbocycles. The molecule has 1 heterocycles. The first-order chi connectivity index (χ1) is 19.8. The number of esters is 1. The monoisotopic (exact) mass is 572 g/mol. The highest BCUT2D eigenvalue weighted by Gasteiger charge is 2.72. The van der Waals surface area contributed by atoms with E-state index in [1.54, 1.807) is 6.08 Å². The summed E-state index contributed by atoms with van der Waals surface area (Å²) in [6.07, 6.45) is 16.9. The summed E-state index contributed by atoms with van der Waals surface area (Å²) >= 11 is 0. The summed E-state index contributed by atoms with van der Waals surface area (Å²) < 4.78 is 13.0. The van der Waals surface area contributed by atoms with Gasteiger partial charge >= 0.3 is 5.97 Å². The zero-order valence-corrected chi connectivity index (χ0v) is 27.5. The van der Waals surface area contributed by atoms with Gasteiger partial charge in [0.15, 0.2) is 0 Å². The van der Waals surface area contributed by atoms with Crippen molar-refractivity contribution in [2.75, 3.05) is 6.61 Å². The standard InChI is InChI=1S/C39H56O3/c1-34(2)23-24-39-22-17-29-37(6)19-15-27-35(3,4)30(42-31(40)14-13-26-11-9-8-10-12-26)18-21-36(27,5)28(37)16-20-38(29,7)32(39)33(34)41-25-39/h8-14,27-30,32-33H,15-25H2,1-7H3/b14-13+/t27?,28?,29-,30+,32-,33+,36-,37+,38+,39-/m0/s1. The third-order valence-electron chi connectivity index (χ3n) is 15.3. The molecule has 0 aromatic heterocycles. The maximum Gasteiger partial charge on any atom is 0.331 e. The fourth-order valence-corrected chi connectivity index (χ4v) is 13.4. The summed E-state index contributed by atoms with van der Waals surface area (Å²) in [4.78, 5) is 13.0. The lowest BCUT2D eigenvalue weighted by atomic mass is 9.32. The molecule has 2 bridgehead atoms. The first-order valence-electron chi connectivity index (χ1n) is 17.3. The Bertz CT molecular complexity index is 1250. The lowest BCUT2D eigenvalue weighted by Crippen LogP contribution is -2.67. The quantitative estimate of drug-likeness (QED) is 0.267. The molecule has 7 rings (SSSR count). The SMILES string of the molecule is CC1(C)CC[C@]23CC[C@@H]4[C@@](C)(CCC5[C@@]6(C)CC[C@@H](OC(=O)/C=C/c7ccccc7)C(C)(C)C6CC[C@]54C)[C@@H]2[C@H]1OC3. The van der Waals surface area contributed by atoms with Gasteiger partial charge in [-0.05, 0) is 127 Å². The predicted molar refractivity (Wildman–Crippen MR) is 170 cm³/mol. The van der Waals surface area contributed by atoms with Crippen molar-refractivity contribution < 1.29 is 14.3 Å². The van der Waals surface area contributed by atoms with Crippen LogP contribution in [-0.2, 0) is 14.3 Å². The van der Waals surface area contributed by atoms with Crippen LogP contribution in [0.1, 0.15) is 118 Å². The van der Waals surface area contributed by atoms with Crippen LogP contribution in [0.4, 0.5) is 0 Å². The summed E-state index contributed by atoms with van der Waals surface area (Å²) in [5.74, 6) is 2.66. The van der Waals surface area contributed by atoms with Crippen molar-refractivity contribution in [3.8, 4) is 0 Å². The summed E-state index contributed by atoms with van der Waals surface area (Å²) in [5.41, 5.74) is 2.82. The number of rotatable bonds is 3. The second-order valence-electron chi connectivity index (χ2n) is 17.9. The van der Waals surface area contributed by atoms with E-state index >= 15 is 0 Å². The number of ether oxygens (including phenoxy) is 2. The first kappa shape index (κ1) is 29.1. The molecule has 230 valence electrons. The minimum atomic E-state index is -0.196. The summed E-state index contributed by atoms with van der Waals surface area (Å²) in [7, 11) is 0. The maximum absolute atomic E-state index is 13.0. The Morgan fingerprint density at radius 1 is 0.762 bits per heavy atom. The normalized spacial score (nSPS) is 48.5. The number of benzene rings is 1. The van der Waals surface area contributed by atoms with Crippen molar-refractivity contribution in [3.05, 3.63) is 42.0 Å². The third kappa shape index (κ3) is 3.96. The number of hydrogen-bond acceptors (Lipinski definition) is 3. The molecule has 3 nitrogen and oxygen atoms in total. The smallest absolute Gasteiger partial charge is 0.331 e. The van der Waals surface area contributed by atoms with E-state index in [4.69, 9.17) is 9.47 Å². The van der Waals surface area contributed by atoms with Crippen LogP contribution < -0.4 is 0 Å². The number of fused-ring (bicyclic) bond motifs is 5. The summed E-state index contributed by atoms with van der Waals surface area (Å²) in [6, 6.07) is 10.0. The van der Waals surface area contributed by atoms with Crippen LogP contribution in [0.2, 0.25) is 0 Å². The van der Waals surface area contributed by atoms with Crippen LogP contribution in [-0.4, -0.2) is 24.8 Å². The highest BCUT2D eigenvalue weighted by molar-refractivity contribution is 5.87. The van der Waals surface area contributed by atoms with Gasteiger partial charge in [0.2, 0.25) is 0 Å². The van der Waals surface area contributed by atoms with E-state index in [1.165, 1.54) is 57.8 Å². The van der Waals surface area contributed by atoms with E-state index in [1.807, 2.05) is 36.4 Å². The number of hydrogen-bond donors (Lipinski definition) is 0. The van der Waals surface area contributed by atoms with Gasteiger partial charge in [-0.15, -0.1) is 0 Å². The molecule has 10 atom stereocenters. The zero-order chi connectivity index (χ0) is 29.8. The molecule has 5 aliphatic carbocycles. The molecule has 1 aliphatic heterocycles. The van der Waals surface area contributed by atoms with Crippen LogP contribution in [0, 0.1) is 56.2 Å². The molecule has 1 saturated heterocycles. The molecule has 2 unspecified atom stereocenters. The fraction of sp³-hybridized carbons (Fsp3) is 0.769. The average molecular weight is 573 g/mol. The largest absolute Gasteiger partial charge is 0.459 e. The Morgan fingerprint density at radius 3 is 2.14 bits per heavy atom. The Morgan fingerprint density at radius 2 is 1.38 bits per heavy atom. The Hall–Kier alpha value is -1.61.